The molecule has 1 rings (SSSR count). The van der Waals surface area contributed by atoms with E-state index < -0.39 is 7.69 Å². The first-order valence-corrected chi connectivity index (χ1v) is 3.01. The molecule has 1 aromatic heterocycles. The lowest BCUT2D eigenvalue weighted by Crippen LogP contribution is -1.80. The molecule has 0 spiro atoms. The van der Waals surface area contributed by atoms with Crippen LogP contribution < -0.4 is 4.74 Å². The van der Waals surface area contributed by atoms with Gasteiger partial charge in [0.05, 0.1) is 13.3 Å². The lowest BCUT2D eigenvalue weighted by molar-refractivity contribution is 0.413. The van der Waals surface area contributed by atoms with Crippen molar-refractivity contribution < 1.29 is 14.8 Å². The Morgan fingerprint density at radius 3 is 2.45 bits per heavy atom. The lowest BCUT2D eigenvalue weighted by Gasteiger charge is -1.93. The number of hydrogen-bond acceptors (Lipinski definition) is 4. The van der Waals surface area contributed by atoms with E-state index in [1.807, 2.05) is 12.1 Å². The lowest BCUT2D eigenvalue weighted by atomic mass is 10.5. The molecule has 0 aliphatic carbocycles. The highest BCUT2D eigenvalue weighted by molar-refractivity contribution is 6.13. The smallest absolute Gasteiger partial charge is 0.432 e. The first-order valence-electron chi connectivity index (χ1n) is 3.01. The van der Waals surface area contributed by atoms with Gasteiger partial charge in [-0.25, -0.2) is 0 Å². The Balaban J connectivity index is 0.000000292. The van der Waals surface area contributed by atoms with Crippen LogP contribution in [-0.4, -0.2) is 29.8 Å². The quantitative estimate of drug-likeness (QED) is 0.527. The molecule has 5 heteroatoms. The van der Waals surface area contributed by atoms with E-state index in [1.54, 1.807) is 19.5 Å². The average molecular weight is 155 g/mol. The number of hydrogen-bond donors (Lipinski definition) is 2. The summed E-state index contributed by atoms with van der Waals surface area (Å²) < 4.78 is 4.85. The molecule has 2 N–H and O–H groups in total. The van der Waals surface area contributed by atoms with Crippen molar-refractivity contribution in [2.75, 3.05) is 7.11 Å². The summed E-state index contributed by atoms with van der Waals surface area (Å²) in [6.45, 7) is 0. The maximum absolute atomic E-state index is 7.12. The number of nitrogens with zero attached hydrogens (tertiary/aromatic N) is 1. The van der Waals surface area contributed by atoms with Crippen molar-refractivity contribution in [3.63, 3.8) is 0 Å². The standard InChI is InChI=1S/C6H7NO.BH3O2/c1-8-6-3-2-4-7-5-6;2-1-3/h2-5H,1H3;1-3H. The van der Waals surface area contributed by atoms with Gasteiger partial charge in [-0.2, -0.15) is 0 Å². The zero-order valence-corrected chi connectivity index (χ0v) is 6.27. The zero-order chi connectivity index (χ0) is 8.53. The summed E-state index contributed by atoms with van der Waals surface area (Å²) in [5, 5.41) is 14.2. The van der Waals surface area contributed by atoms with Crippen LogP contribution in [0.5, 0.6) is 5.75 Å². The summed E-state index contributed by atoms with van der Waals surface area (Å²) in [5.74, 6) is 0.799. The van der Waals surface area contributed by atoms with Gasteiger partial charge in [-0.15, -0.1) is 0 Å². The Labute approximate surface area is 65.8 Å². The molecule has 0 saturated heterocycles. The predicted octanol–water partition coefficient (Wildman–Crippen LogP) is -0.672. The third kappa shape index (κ3) is 5.38. The number of aromatic nitrogens is 1. The molecule has 0 aromatic carbocycles. The summed E-state index contributed by atoms with van der Waals surface area (Å²) in [6.07, 6.45) is 3.38. The Bertz CT molecular complexity index is 171. The van der Waals surface area contributed by atoms with Gasteiger partial charge in [-0.05, 0) is 12.1 Å². The molecular formula is C6H10BNO3. The first-order chi connectivity index (χ1) is 5.35. The highest BCUT2D eigenvalue weighted by Gasteiger charge is 1.81. The SMILES string of the molecule is COc1cccnc1.OBO. The zero-order valence-electron chi connectivity index (χ0n) is 6.27. The monoisotopic (exact) mass is 155 g/mol. The minimum Gasteiger partial charge on any atom is -0.495 e. The maximum Gasteiger partial charge on any atom is 0.432 e. The summed E-state index contributed by atoms with van der Waals surface area (Å²) >= 11 is 0. The van der Waals surface area contributed by atoms with E-state index in [1.165, 1.54) is 0 Å². The van der Waals surface area contributed by atoms with Crippen LogP contribution in [-0.2, 0) is 0 Å². The molecule has 4 nitrogen and oxygen atoms in total. The van der Waals surface area contributed by atoms with Crippen LogP contribution in [0.1, 0.15) is 0 Å². The number of pyridine rings is 1. The molecule has 0 radical (unpaired) electrons. The van der Waals surface area contributed by atoms with Crippen molar-refractivity contribution in [3.8, 4) is 5.75 Å². The fraction of sp³-hybridized carbons (Fsp3) is 0.167. The molecule has 0 aliphatic rings. The van der Waals surface area contributed by atoms with E-state index in [0.29, 0.717) is 0 Å². The van der Waals surface area contributed by atoms with E-state index >= 15 is 0 Å². The van der Waals surface area contributed by atoms with Crippen LogP contribution in [0.3, 0.4) is 0 Å². The van der Waals surface area contributed by atoms with E-state index in [2.05, 4.69) is 4.98 Å². The van der Waals surface area contributed by atoms with Crippen LogP contribution in [0.25, 0.3) is 0 Å². The number of ether oxygens (including phenoxy) is 1. The minimum atomic E-state index is -0.750. The molecule has 11 heavy (non-hydrogen) atoms. The van der Waals surface area contributed by atoms with Gasteiger partial charge in [0.1, 0.15) is 5.75 Å². The summed E-state index contributed by atoms with van der Waals surface area (Å²) in [5.41, 5.74) is 0. The van der Waals surface area contributed by atoms with Crippen LogP contribution in [0.15, 0.2) is 24.5 Å². The minimum absolute atomic E-state index is 0.750. The third-order valence-corrected chi connectivity index (χ3v) is 0.870. The summed E-state index contributed by atoms with van der Waals surface area (Å²) in [7, 11) is 0.872. The molecule has 60 valence electrons. The highest BCUT2D eigenvalue weighted by atomic mass is 16.5. The van der Waals surface area contributed by atoms with Crippen molar-refractivity contribution in [2.45, 2.75) is 0 Å². The second-order valence-electron chi connectivity index (χ2n) is 1.53. The van der Waals surface area contributed by atoms with Gasteiger partial charge in [0.25, 0.3) is 0 Å². The fourth-order valence-electron chi connectivity index (χ4n) is 0.468. The molecule has 0 amide bonds. The average Bonchev–Trinajstić information content (AvgIpc) is 2.08. The van der Waals surface area contributed by atoms with E-state index in [4.69, 9.17) is 14.8 Å². The molecule has 0 bridgehead atoms. The first kappa shape index (κ1) is 9.93. The molecule has 0 aliphatic heterocycles. The Morgan fingerprint density at radius 2 is 2.18 bits per heavy atom. The highest BCUT2D eigenvalue weighted by Crippen LogP contribution is 2.02. The van der Waals surface area contributed by atoms with Crippen molar-refractivity contribution in [3.05, 3.63) is 24.5 Å². The van der Waals surface area contributed by atoms with Crippen molar-refractivity contribution in [1.29, 1.82) is 0 Å². The molecule has 0 unspecified atom stereocenters. The molecule has 0 saturated carbocycles. The largest absolute Gasteiger partial charge is 0.495 e. The van der Waals surface area contributed by atoms with Gasteiger partial charge >= 0.3 is 7.69 Å². The van der Waals surface area contributed by atoms with Crippen molar-refractivity contribution in [1.82, 2.24) is 4.98 Å². The molecular weight excluding hydrogens is 145 g/mol. The number of rotatable bonds is 1. The van der Waals surface area contributed by atoms with Gasteiger partial charge in [0.15, 0.2) is 0 Å². The molecule has 1 aromatic rings. The van der Waals surface area contributed by atoms with E-state index in [0.717, 1.165) is 5.75 Å². The van der Waals surface area contributed by atoms with Crippen LogP contribution in [0, 0.1) is 0 Å². The van der Waals surface area contributed by atoms with Crippen LogP contribution in [0.2, 0.25) is 0 Å². The van der Waals surface area contributed by atoms with Crippen molar-refractivity contribution >= 4 is 7.69 Å². The molecule has 0 atom stereocenters. The fourth-order valence-corrected chi connectivity index (χ4v) is 0.468. The Morgan fingerprint density at radius 1 is 1.55 bits per heavy atom. The van der Waals surface area contributed by atoms with E-state index in [9.17, 15) is 0 Å². The predicted molar refractivity (Wildman–Crippen MR) is 42.4 cm³/mol. The van der Waals surface area contributed by atoms with Crippen molar-refractivity contribution in [2.24, 2.45) is 0 Å². The second-order valence-corrected chi connectivity index (χ2v) is 1.53. The van der Waals surface area contributed by atoms with Gasteiger partial charge in [0.2, 0.25) is 0 Å². The Hall–Kier alpha value is -1.07. The summed E-state index contributed by atoms with van der Waals surface area (Å²) in [6, 6.07) is 3.69. The van der Waals surface area contributed by atoms with Gasteiger partial charge in [-0.3, -0.25) is 4.98 Å². The second kappa shape index (κ2) is 7.05. The third-order valence-electron chi connectivity index (χ3n) is 0.870. The van der Waals surface area contributed by atoms with Crippen LogP contribution >= 0.6 is 0 Å². The molecule has 1 heterocycles. The van der Waals surface area contributed by atoms with Crippen LogP contribution in [0.4, 0.5) is 0 Å². The topological polar surface area (TPSA) is 62.6 Å². The normalized spacial score (nSPS) is 7.55. The molecule has 0 fully saturated rings. The Kier molecular flexibility index (Phi) is 6.36. The maximum atomic E-state index is 7.12. The van der Waals surface area contributed by atoms with Gasteiger partial charge < -0.3 is 14.8 Å². The number of methoxy groups -OCH3 is 1. The van der Waals surface area contributed by atoms with Gasteiger partial charge in [-0.1, -0.05) is 0 Å². The van der Waals surface area contributed by atoms with E-state index in [-0.39, 0.29) is 0 Å². The summed E-state index contributed by atoms with van der Waals surface area (Å²) in [4.78, 5) is 3.83. The van der Waals surface area contributed by atoms with Gasteiger partial charge in [0, 0.05) is 6.20 Å².